The first-order valence-electron chi connectivity index (χ1n) is 6.27. The summed E-state index contributed by atoms with van der Waals surface area (Å²) in [6.07, 6.45) is -0.398. The first-order valence-corrected chi connectivity index (χ1v) is 8.57. The van der Waals surface area contributed by atoms with Crippen molar-refractivity contribution >= 4 is 21.4 Å². The quantitative estimate of drug-likeness (QED) is 0.886. The van der Waals surface area contributed by atoms with E-state index in [4.69, 9.17) is 4.74 Å². The first-order chi connectivity index (χ1) is 9.94. The summed E-state index contributed by atoms with van der Waals surface area (Å²) in [5.74, 6) is -0.772. The molecule has 0 fully saturated rings. The fourth-order valence-corrected chi connectivity index (χ4v) is 3.92. The van der Waals surface area contributed by atoms with E-state index in [1.807, 2.05) is 19.1 Å². The first kappa shape index (κ1) is 16.1. The van der Waals surface area contributed by atoms with E-state index in [-0.39, 0.29) is 11.4 Å². The Kier molecular flexibility index (Phi) is 5.10. The van der Waals surface area contributed by atoms with Crippen LogP contribution in [0.2, 0.25) is 0 Å². The molecule has 1 N–H and O–H groups in total. The highest BCUT2D eigenvalue weighted by atomic mass is 32.2. The molecule has 0 aliphatic heterocycles. The number of halogens is 1. The Labute approximate surface area is 127 Å². The van der Waals surface area contributed by atoms with E-state index in [0.717, 1.165) is 15.8 Å². The molecule has 2 rings (SSSR count). The SMILES string of the molecule is CO[C@@H](CNS(=O)(=O)c1ccccc1F)c1ccc(C)s1. The molecule has 0 aliphatic rings. The molecule has 0 aliphatic carbocycles. The molecule has 1 aromatic heterocycles. The van der Waals surface area contributed by atoms with E-state index in [1.54, 1.807) is 0 Å². The number of methoxy groups -OCH3 is 1. The average molecular weight is 329 g/mol. The molecule has 2 aromatic rings. The highest BCUT2D eigenvalue weighted by Gasteiger charge is 2.21. The number of nitrogens with one attached hydrogen (secondary N) is 1. The minimum Gasteiger partial charge on any atom is -0.375 e. The van der Waals surface area contributed by atoms with Gasteiger partial charge in [0.2, 0.25) is 10.0 Å². The largest absolute Gasteiger partial charge is 0.375 e. The van der Waals surface area contributed by atoms with Crippen LogP contribution in [-0.4, -0.2) is 22.1 Å². The van der Waals surface area contributed by atoms with Crippen LogP contribution < -0.4 is 4.72 Å². The van der Waals surface area contributed by atoms with Gasteiger partial charge in [-0.3, -0.25) is 0 Å². The zero-order chi connectivity index (χ0) is 15.5. The lowest BCUT2D eigenvalue weighted by Crippen LogP contribution is -2.29. The third-order valence-corrected chi connectivity index (χ3v) is 5.50. The van der Waals surface area contributed by atoms with Crippen LogP contribution in [0.25, 0.3) is 0 Å². The summed E-state index contributed by atoms with van der Waals surface area (Å²) in [5.41, 5.74) is 0. The van der Waals surface area contributed by atoms with Gasteiger partial charge in [0.1, 0.15) is 16.8 Å². The molecule has 0 bridgehead atoms. The van der Waals surface area contributed by atoms with Gasteiger partial charge in [-0.15, -0.1) is 11.3 Å². The number of hydrogen-bond donors (Lipinski definition) is 1. The van der Waals surface area contributed by atoms with Gasteiger partial charge in [-0.05, 0) is 31.2 Å². The minimum absolute atomic E-state index is 0.0487. The van der Waals surface area contributed by atoms with Crippen LogP contribution in [-0.2, 0) is 14.8 Å². The monoisotopic (exact) mass is 329 g/mol. The Bertz CT molecular complexity index is 713. The summed E-state index contributed by atoms with van der Waals surface area (Å²) in [7, 11) is -2.39. The second-order valence-electron chi connectivity index (χ2n) is 4.46. The Hall–Kier alpha value is -1.28. The molecule has 0 saturated heterocycles. The van der Waals surface area contributed by atoms with Gasteiger partial charge in [-0.1, -0.05) is 12.1 Å². The molecule has 0 saturated carbocycles. The maximum absolute atomic E-state index is 13.6. The number of hydrogen-bond acceptors (Lipinski definition) is 4. The van der Waals surface area contributed by atoms with Crippen molar-refractivity contribution in [1.29, 1.82) is 0 Å². The number of thiophene rings is 1. The highest BCUT2D eigenvalue weighted by molar-refractivity contribution is 7.89. The molecular weight excluding hydrogens is 313 g/mol. The molecular formula is C14H16FNO3S2. The molecule has 21 heavy (non-hydrogen) atoms. The predicted molar refractivity (Wildman–Crippen MR) is 80.4 cm³/mol. The van der Waals surface area contributed by atoms with Gasteiger partial charge in [0.05, 0.1) is 0 Å². The van der Waals surface area contributed by atoms with Gasteiger partial charge < -0.3 is 4.74 Å². The molecule has 1 heterocycles. The standard InChI is InChI=1S/C14H16FNO3S2/c1-10-7-8-13(20-10)12(19-2)9-16-21(17,18)14-6-4-3-5-11(14)15/h3-8,12,16H,9H2,1-2H3/t12-/m0/s1. The zero-order valence-corrected chi connectivity index (χ0v) is 13.3. The number of benzene rings is 1. The number of rotatable bonds is 6. The van der Waals surface area contributed by atoms with Crippen molar-refractivity contribution in [2.24, 2.45) is 0 Å². The van der Waals surface area contributed by atoms with Crippen LogP contribution in [0.1, 0.15) is 15.9 Å². The average Bonchev–Trinajstić information content (AvgIpc) is 2.86. The maximum atomic E-state index is 13.6. The third-order valence-electron chi connectivity index (χ3n) is 2.95. The van der Waals surface area contributed by atoms with E-state index in [9.17, 15) is 12.8 Å². The van der Waals surface area contributed by atoms with Crippen molar-refractivity contribution in [1.82, 2.24) is 4.72 Å². The molecule has 1 atom stereocenters. The van der Waals surface area contributed by atoms with Gasteiger partial charge in [0, 0.05) is 23.4 Å². The predicted octanol–water partition coefficient (Wildman–Crippen LogP) is 2.86. The maximum Gasteiger partial charge on any atom is 0.243 e. The lowest BCUT2D eigenvalue weighted by Gasteiger charge is -2.15. The van der Waals surface area contributed by atoms with Crippen molar-refractivity contribution in [3.05, 3.63) is 52.0 Å². The van der Waals surface area contributed by atoms with E-state index in [2.05, 4.69) is 4.72 Å². The summed E-state index contributed by atoms with van der Waals surface area (Å²) >= 11 is 1.54. The van der Waals surface area contributed by atoms with Crippen molar-refractivity contribution in [3.8, 4) is 0 Å². The smallest absolute Gasteiger partial charge is 0.243 e. The Morgan fingerprint density at radius 3 is 2.57 bits per heavy atom. The Morgan fingerprint density at radius 1 is 1.29 bits per heavy atom. The summed E-state index contributed by atoms with van der Waals surface area (Å²) in [6.45, 7) is 2.01. The van der Waals surface area contributed by atoms with Crippen molar-refractivity contribution in [2.75, 3.05) is 13.7 Å². The van der Waals surface area contributed by atoms with Crippen LogP contribution in [0, 0.1) is 12.7 Å². The molecule has 0 amide bonds. The normalized spacial score (nSPS) is 13.3. The lowest BCUT2D eigenvalue weighted by molar-refractivity contribution is 0.110. The van der Waals surface area contributed by atoms with Crippen molar-refractivity contribution in [3.63, 3.8) is 0 Å². The van der Waals surface area contributed by atoms with Crippen molar-refractivity contribution in [2.45, 2.75) is 17.9 Å². The topological polar surface area (TPSA) is 55.4 Å². The molecule has 7 heteroatoms. The Morgan fingerprint density at radius 2 is 2.00 bits per heavy atom. The second kappa shape index (κ2) is 6.65. The highest BCUT2D eigenvalue weighted by Crippen LogP contribution is 2.25. The van der Waals surface area contributed by atoms with Crippen molar-refractivity contribution < 1.29 is 17.5 Å². The summed E-state index contributed by atoms with van der Waals surface area (Å²) in [6, 6.07) is 9.11. The van der Waals surface area contributed by atoms with Crippen LogP contribution in [0.5, 0.6) is 0 Å². The molecule has 0 spiro atoms. The summed E-state index contributed by atoms with van der Waals surface area (Å²) < 4.78 is 45.5. The summed E-state index contributed by atoms with van der Waals surface area (Å²) in [5, 5.41) is 0. The fourth-order valence-electron chi connectivity index (χ4n) is 1.85. The van der Waals surface area contributed by atoms with Gasteiger partial charge in [-0.25, -0.2) is 17.5 Å². The molecule has 1 aromatic carbocycles. The van der Waals surface area contributed by atoms with Crippen LogP contribution in [0.15, 0.2) is 41.3 Å². The van der Waals surface area contributed by atoms with Gasteiger partial charge in [0.25, 0.3) is 0 Å². The molecule has 4 nitrogen and oxygen atoms in total. The second-order valence-corrected chi connectivity index (χ2v) is 7.51. The number of ether oxygens (including phenoxy) is 1. The van der Waals surface area contributed by atoms with Gasteiger partial charge in [-0.2, -0.15) is 0 Å². The molecule has 114 valence electrons. The number of sulfonamides is 1. The fraction of sp³-hybridized carbons (Fsp3) is 0.286. The van der Waals surface area contributed by atoms with Crippen LogP contribution in [0.4, 0.5) is 4.39 Å². The molecule has 0 unspecified atom stereocenters. The number of aryl methyl sites for hydroxylation is 1. The van der Waals surface area contributed by atoms with Crippen LogP contribution >= 0.6 is 11.3 Å². The molecule has 0 radical (unpaired) electrons. The third kappa shape index (κ3) is 3.88. The van der Waals surface area contributed by atoms with E-state index < -0.39 is 21.9 Å². The Balaban J connectivity index is 2.12. The van der Waals surface area contributed by atoms with Crippen LogP contribution in [0.3, 0.4) is 0 Å². The van der Waals surface area contributed by atoms with Gasteiger partial charge in [0.15, 0.2) is 0 Å². The lowest BCUT2D eigenvalue weighted by atomic mass is 10.3. The summed E-state index contributed by atoms with van der Waals surface area (Å²) in [4.78, 5) is 1.68. The minimum atomic E-state index is -3.90. The van der Waals surface area contributed by atoms with E-state index in [0.29, 0.717) is 0 Å². The van der Waals surface area contributed by atoms with Gasteiger partial charge >= 0.3 is 0 Å². The zero-order valence-electron chi connectivity index (χ0n) is 11.7. The van der Waals surface area contributed by atoms with E-state index in [1.165, 1.54) is 36.6 Å². The van der Waals surface area contributed by atoms with E-state index >= 15 is 0 Å².